The van der Waals surface area contributed by atoms with Crippen LogP contribution in [0.4, 0.5) is 5.69 Å². The zero-order chi connectivity index (χ0) is 17.2. The number of imidazole rings is 1. The highest BCUT2D eigenvalue weighted by molar-refractivity contribution is 6.02. The lowest BCUT2D eigenvalue weighted by Crippen LogP contribution is -2.07. The highest BCUT2D eigenvalue weighted by Gasteiger charge is 2.02. The number of carbonyl (C=O) groups excluding carboxylic acids is 1. The first-order valence-electron chi connectivity index (χ1n) is 7.74. The fraction of sp³-hybridized carbons (Fsp3) is 0. The predicted molar refractivity (Wildman–Crippen MR) is 98.3 cm³/mol. The second kappa shape index (κ2) is 6.09. The monoisotopic (exact) mass is 330 g/mol. The molecule has 2 heterocycles. The zero-order valence-corrected chi connectivity index (χ0v) is 13.1. The van der Waals surface area contributed by atoms with Crippen LogP contribution in [0.15, 0.2) is 65.5 Å². The van der Waals surface area contributed by atoms with Crippen molar-refractivity contribution in [1.29, 1.82) is 0 Å². The topological polar surface area (TPSA) is 90.6 Å². The summed E-state index contributed by atoms with van der Waals surface area (Å²) in [7, 11) is 0. The van der Waals surface area contributed by atoms with Crippen LogP contribution in [-0.2, 0) is 4.79 Å². The number of hydrogen-bond donors (Lipinski definition) is 3. The van der Waals surface area contributed by atoms with Crippen LogP contribution >= 0.6 is 0 Å². The Morgan fingerprint density at radius 3 is 2.76 bits per heavy atom. The molecular formula is C19H14N4O2. The van der Waals surface area contributed by atoms with Crippen LogP contribution in [0.1, 0.15) is 5.69 Å². The summed E-state index contributed by atoms with van der Waals surface area (Å²) in [6.07, 6.45) is 3.10. The maximum Gasteiger partial charge on any atom is 0.323 e. The molecule has 0 radical (unpaired) electrons. The summed E-state index contributed by atoms with van der Waals surface area (Å²) in [5.74, 6) is -0.271. The Balaban J connectivity index is 1.51. The van der Waals surface area contributed by atoms with Gasteiger partial charge in [0.1, 0.15) is 0 Å². The van der Waals surface area contributed by atoms with Gasteiger partial charge < -0.3 is 15.3 Å². The highest BCUT2D eigenvalue weighted by Crippen LogP contribution is 2.15. The molecule has 122 valence electrons. The van der Waals surface area contributed by atoms with Crippen molar-refractivity contribution >= 4 is 39.6 Å². The molecule has 3 N–H and O–H groups in total. The van der Waals surface area contributed by atoms with Gasteiger partial charge in [-0.1, -0.05) is 24.3 Å². The molecule has 4 aromatic rings. The van der Waals surface area contributed by atoms with Gasteiger partial charge in [-0.3, -0.25) is 4.79 Å². The van der Waals surface area contributed by atoms with E-state index in [1.807, 2.05) is 36.4 Å². The van der Waals surface area contributed by atoms with Gasteiger partial charge in [-0.15, -0.1) is 0 Å². The van der Waals surface area contributed by atoms with E-state index in [0.29, 0.717) is 22.4 Å². The molecule has 0 aliphatic carbocycles. The Morgan fingerprint density at radius 1 is 1.00 bits per heavy atom. The van der Waals surface area contributed by atoms with Crippen molar-refractivity contribution in [2.45, 2.75) is 0 Å². The van der Waals surface area contributed by atoms with Gasteiger partial charge in [0.05, 0.1) is 22.2 Å². The van der Waals surface area contributed by atoms with Crippen molar-refractivity contribution in [2.24, 2.45) is 0 Å². The van der Waals surface area contributed by atoms with Crippen molar-refractivity contribution in [3.63, 3.8) is 0 Å². The molecule has 0 saturated carbocycles. The zero-order valence-electron chi connectivity index (χ0n) is 13.1. The maximum absolute atomic E-state index is 12.1. The summed E-state index contributed by atoms with van der Waals surface area (Å²) in [6.45, 7) is 0. The molecule has 0 spiro atoms. The van der Waals surface area contributed by atoms with E-state index < -0.39 is 0 Å². The third kappa shape index (κ3) is 3.18. The second-order valence-electron chi connectivity index (χ2n) is 5.59. The van der Waals surface area contributed by atoms with E-state index >= 15 is 0 Å². The second-order valence-corrected chi connectivity index (χ2v) is 5.59. The lowest BCUT2D eigenvalue weighted by Gasteiger charge is -2.02. The number of amides is 1. The molecule has 0 aliphatic heterocycles. The molecule has 25 heavy (non-hydrogen) atoms. The number of nitrogens with one attached hydrogen (secondary N) is 3. The summed E-state index contributed by atoms with van der Waals surface area (Å²) < 4.78 is 0. The number of para-hydroxylation sites is 1. The number of benzene rings is 2. The fourth-order valence-electron chi connectivity index (χ4n) is 2.63. The summed E-state index contributed by atoms with van der Waals surface area (Å²) >= 11 is 0. The van der Waals surface area contributed by atoms with Crippen LogP contribution in [0.25, 0.3) is 28.0 Å². The predicted octanol–water partition coefficient (Wildman–Crippen LogP) is 3.06. The molecule has 0 fully saturated rings. The molecule has 0 unspecified atom stereocenters. The minimum atomic E-state index is -0.277. The van der Waals surface area contributed by atoms with Gasteiger partial charge in [-0.05, 0) is 36.4 Å². The van der Waals surface area contributed by atoms with Crippen molar-refractivity contribution in [1.82, 2.24) is 15.0 Å². The Morgan fingerprint density at radius 2 is 1.84 bits per heavy atom. The number of aromatic amines is 2. The van der Waals surface area contributed by atoms with Crippen molar-refractivity contribution < 1.29 is 4.79 Å². The first-order chi connectivity index (χ1) is 12.2. The largest absolute Gasteiger partial charge is 0.323 e. The number of pyridine rings is 1. The first-order valence-corrected chi connectivity index (χ1v) is 7.74. The lowest BCUT2D eigenvalue weighted by molar-refractivity contribution is -0.111. The molecular weight excluding hydrogens is 316 g/mol. The third-order valence-corrected chi connectivity index (χ3v) is 3.81. The molecule has 1 amide bonds. The minimum Gasteiger partial charge on any atom is -0.322 e. The minimum absolute atomic E-state index is 0.271. The average Bonchev–Trinajstić information content (AvgIpc) is 2.99. The van der Waals surface area contributed by atoms with Gasteiger partial charge in [0, 0.05) is 17.1 Å². The van der Waals surface area contributed by atoms with Gasteiger partial charge >= 0.3 is 5.69 Å². The van der Waals surface area contributed by atoms with Crippen molar-refractivity contribution in [3.8, 4) is 0 Å². The van der Waals surface area contributed by atoms with Crippen molar-refractivity contribution in [2.75, 3.05) is 5.32 Å². The molecule has 4 rings (SSSR count). The van der Waals surface area contributed by atoms with Crippen LogP contribution in [-0.4, -0.2) is 20.9 Å². The quantitative estimate of drug-likeness (QED) is 0.504. The number of H-pyrrole nitrogens is 2. The van der Waals surface area contributed by atoms with Gasteiger partial charge in [0.2, 0.25) is 5.91 Å². The van der Waals surface area contributed by atoms with E-state index in [0.717, 1.165) is 10.9 Å². The normalized spacial score (nSPS) is 11.4. The van der Waals surface area contributed by atoms with E-state index in [9.17, 15) is 9.59 Å². The van der Waals surface area contributed by atoms with Crippen molar-refractivity contribution in [3.05, 3.63) is 76.9 Å². The summed E-state index contributed by atoms with van der Waals surface area (Å²) in [4.78, 5) is 33.1. The van der Waals surface area contributed by atoms with Gasteiger partial charge in [0.25, 0.3) is 0 Å². The number of fused-ring (bicyclic) bond motifs is 2. The van der Waals surface area contributed by atoms with E-state index in [1.54, 1.807) is 24.3 Å². The Labute approximate surface area is 142 Å². The highest BCUT2D eigenvalue weighted by atomic mass is 16.1. The van der Waals surface area contributed by atoms with Gasteiger partial charge in [-0.2, -0.15) is 0 Å². The molecule has 2 aromatic heterocycles. The number of anilines is 1. The van der Waals surface area contributed by atoms with E-state index in [1.165, 1.54) is 6.08 Å². The lowest BCUT2D eigenvalue weighted by atomic mass is 10.2. The molecule has 2 aromatic carbocycles. The van der Waals surface area contributed by atoms with E-state index in [4.69, 9.17) is 0 Å². The smallest absolute Gasteiger partial charge is 0.322 e. The molecule has 6 nitrogen and oxygen atoms in total. The fourth-order valence-corrected chi connectivity index (χ4v) is 2.63. The average molecular weight is 330 g/mol. The number of aromatic nitrogens is 3. The Bertz CT molecular complexity index is 1170. The molecule has 0 saturated heterocycles. The summed E-state index contributed by atoms with van der Waals surface area (Å²) in [6, 6.07) is 16.8. The van der Waals surface area contributed by atoms with Crippen LogP contribution < -0.4 is 11.0 Å². The first kappa shape index (κ1) is 14.9. The standard InChI is InChI=1S/C19H14N4O2/c24-18(21-14-7-9-16-17(11-14)23-19(25)22-16)10-8-13-6-5-12-3-1-2-4-15(12)20-13/h1-11H,(H,21,24)(H2,22,23,25). The van der Waals surface area contributed by atoms with Gasteiger partial charge in [0.15, 0.2) is 0 Å². The number of carbonyl (C=O) groups is 1. The third-order valence-electron chi connectivity index (χ3n) is 3.81. The van der Waals surface area contributed by atoms with Crippen LogP contribution in [0.3, 0.4) is 0 Å². The SMILES string of the molecule is O=C(C=Cc1ccc2ccccc2n1)Nc1ccc2[nH]c(=O)[nH]c2c1. The number of rotatable bonds is 3. The number of hydrogen-bond acceptors (Lipinski definition) is 3. The summed E-state index contributed by atoms with van der Waals surface area (Å²) in [5.41, 5.74) is 3.25. The van der Waals surface area contributed by atoms with E-state index in [-0.39, 0.29) is 11.6 Å². The summed E-state index contributed by atoms with van der Waals surface area (Å²) in [5, 5.41) is 3.81. The van der Waals surface area contributed by atoms with Gasteiger partial charge in [-0.25, -0.2) is 9.78 Å². The van der Waals surface area contributed by atoms with E-state index in [2.05, 4.69) is 20.3 Å². The maximum atomic E-state index is 12.1. The number of nitrogens with zero attached hydrogens (tertiary/aromatic N) is 1. The Hall–Kier alpha value is -3.67. The molecule has 0 bridgehead atoms. The molecule has 0 aliphatic rings. The molecule has 6 heteroatoms. The van der Waals surface area contributed by atoms with Crippen LogP contribution in [0.5, 0.6) is 0 Å². The van der Waals surface area contributed by atoms with Crippen LogP contribution in [0, 0.1) is 0 Å². The molecule has 0 atom stereocenters. The van der Waals surface area contributed by atoms with Crippen LogP contribution in [0.2, 0.25) is 0 Å². The Kier molecular flexibility index (Phi) is 3.63.